The normalized spacial score (nSPS) is 10.4. The van der Waals surface area contributed by atoms with Crippen LogP contribution in [0.2, 0.25) is 0 Å². The van der Waals surface area contributed by atoms with E-state index in [9.17, 15) is 4.79 Å². The fraction of sp³-hybridized carbons (Fsp3) is 0.348. The van der Waals surface area contributed by atoms with Crippen LogP contribution in [0.1, 0.15) is 51.4 Å². The van der Waals surface area contributed by atoms with Crippen molar-refractivity contribution in [2.45, 2.75) is 51.4 Å². The monoisotopic (exact) mass is 335 g/mol. The van der Waals surface area contributed by atoms with Crippen LogP contribution in [0.5, 0.6) is 0 Å². The molecule has 1 amide bonds. The molecule has 2 aromatic carbocycles. The van der Waals surface area contributed by atoms with Crippen molar-refractivity contribution in [2.75, 3.05) is 5.32 Å². The summed E-state index contributed by atoms with van der Waals surface area (Å²) in [5, 5.41) is 2.99. The van der Waals surface area contributed by atoms with Gasteiger partial charge in [0.1, 0.15) is 0 Å². The van der Waals surface area contributed by atoms with Crippen LogP contribution < -0.4 is 5.32 Å². The SMILES string of the molecule is C=CCCCCCCCCC(=O)Nc1ccc(-c2ccccc2)cc1. The van der Waals surface area contributed by atoms with Crippen LogP contribution in [0.15, 0.2) is 67.3 Å². The maximum absolute atomic E-state index is 12.0. The largest absolute Gasteiger partial charge is 0.326 e. The van der Waals surface area contributed by atoms with E-state index in [2.05, 4.69) is 24.0 Å². The van der Waals surface area contributed by atoms with Crippen LogP contribution >= 0.6 is 0 Å². The number of hydrogen-bond acceptors (Lipinski definition) is 1. The lowest BCUT2D eigenvalue weighted by Crippen LogP contribution is -2.10. The standard InChI is InChI=1S/C23H29NO/c1-2-3-4-5-6-7-8-12-15-23(25)24-22-18-16-21(17-19-22)20-13-10-9-11-14-20/h2,9-11,13-14,16-19H,1,3-8,12,15H2,(H,24,25). The first-order chi connectivity index (χ1) is 12.3. The zero-order valence-electron chi connectivity index (χ0n) is 15.0. The number of nitrogens with one attached hydrogen (secondary N) is 1. The van der Waals surface area contributed by atoms with Crippen LogP contribution in [0.4, 0.5) is 5.69 Å². The Labute approximate surface area is 152 Å². The van der Waals surface area contributed by atoms with Gasteiger partial charge in [-0.3, -0.25) is 4.79 Å². The second kappa shape index (κ2) is 11.2. The summed E-state index contributed by atoms with van der Waals surface area (Å²) in [6, 6.07) is 18.3. The van der Waals surface area contributed by atoms with Crippen LogP contribution in [-0.4, -0.2) is 5.91 Å². The Balaban J connectivity index is 1.64. The van der Waals surface area contributed by atoms with Gasteiger partial charge in [-0.05, 0) is 42.5 Å². The lowest BCUT2D eigenvalue weighted by molar-refractivity contribution is -0.116. The van der Waals surface area contributed by atoms with E-state index in [0.29, 0.717) is 6.42 Å². The molecule has 0 unspecified atom stereocenters. The van der Waals surface area contributed by atoms with Crippen molar-refractivity contribution in [2.24, 2.45) is 0 Å². The number of anilines is 1. The first-order valence-corrected chi connectivity index (χ1v) is 9.36. The maximum atomic E-state index is 12.0. The summed E-state index contributed by atoms with van der Waals surface area (Å²) < 4.78 is 0. The van der Waals surface area contributed by atoms with Gasteiger partial charge in [0.05, 0.1) is 0 Å². The van der Waals surface area contributed by atoms with Gasteiger partial charge in [0.15, 0.2) is 0 Å². The molecule has 2 aromatic rings. The fourth-order valence-electron chi connectivity index (χ4n) is 2.88. The summed E-state index contributed by atoms with van der Waals surface area (Å²) >= 11 is 0. The molecule has 2 rings (SSSR count). The third kappa shape index (κ3) is 7.38. The van der Waals surface area contributed by atoms with Gasteiger partial charge < -0.3 is 5.32 Å². The van der Waals surface area contributed by atoms with E-state index in [4.69, 9.17) is 0 Å². The van der Waals surface area contributed by atoms with E-state index in [0.717, 1.165) is 30.5 Å². The van der Waals surface area contributed by atoms with Crippen LogP contribution in [0, 0.1) is 0 Å². The van der Waals surface area contributed by atoms with Gasteiger partial charge in [0.2, 0.25) is 5.91 Å². The molecule has 0 saturated carbocycles. The fourth-order valence-corrected chi connectivity index (χ4v) is 2.88. The van der Waals surface area contributed by atoms with Gasteiger partial charge >= 0.3 is 0 Å². The van der Waals surface area contributed by atoms with Crippen molar-refractivity contribution in [3.05, 3.63) is 67.3 Å². The van der Waals surface area contributed by atoms with Gasteiger partial charge in [-0.1, -0.05) is 74.2 Å². The van der Waals surface area contributed by atoms with Crippen molar-refractivity contribution in [3.8, 4) is 11.1 Å². The second-order valence-electron chi connectivity index (χ2n) is 6.44. The molecule has 0 saturated heterocycles. The molecule has 1 N–H and O–H groups in total. The summed E-state index contributed by atoms with van der Waals surface area (Å²) in [6.45, 7) is 3.74. The molecule has 132 valence electrons. The molecule has 0 fully saturated rings. The van der Waals surface area contributed by atoms with Crippen LogP contribution in [0.3, 0.4) is 0 Å². The molecule has 0 aliphatic rings. The molecule has 25 heavy (non-hydrogen) atoms. The molecule has 0 spiro atoms. The summed E-state index contributed by atoms with van der Waals surface area (Å²) in [5.41, 5.74) is 3.22. The highest BCUT2D eigenvalue weighted by molar-refractivity contribution is 5.90. The topological polar surface area (TPSA) is 29.1 Å². The zero-order valence-corrected chi connectivity index (χ0v) is 15.0. The molecule has 0 aromatic heterocycles. The van der Waals surface area contributed by atoms with E-state index in [1.807, 2.05) is 48.5 Å². The van der Waals surface area contributed by atoms with Gasteiger partial charge in [-0.25, -0.2) is 0 Å². The molecule has 0 heterocycles. The maximum Gasteiger partial charge on any atom is 0.224 e. The highest BCUT2D eigenvalue weighted by atomic mass is 16.1. The molecule has 0 aliphatic carbocycles. The Hall–Kier alpha value is -2.35. The van der Waals surface area contributed by atoms with E-state index >= 15 is 0 Å². The lowest BCUT2D eigenvalue weighted by Gasteiger charge is -2.07. The Bertz CT molecular complexity index is 631. The average Bonchev–Trinajstić information content (AvgIpc) is 2.65. The highest BCUT2D eigenvalue weighted by Crippen LogP contribution is 2.21. The summed E-state index contributed by atoms with van der Waals surface area (Å²) in [4.78, 5) is 12.0. The van der Waals surface area contributed by atoms with Gasteiger partial charge in [-0.15, -0.1) is 6.58 Å². The van der Waals surface area contributed by atoms with E-state index in [-0.39, 0.29) is 5.91 Å². The number of carbonyl (C=O) groups excluding carboxylic acids is 1. The predicted molar refractivity (Wildman–Crippen MR) is 108 cm³/mol. The first kappa shape index (κ1) is 19.0. The molecule has 0 aliphatic heterocycles. The van der Waals surface area contributed by atoms with E-state index in [1.54, 1.807) is 0 Å². The Kier molecular flexibility index (Phi) is 8.54. The average molecular weight is 335 g/mol. The molecular formula is C23H29NO. The van der Waals surface area contributed by atoms with Crippen molar-refractivity contribution in [1.29, 1.82) is 0 Å². The first-order valence-electron chi connectivity index (χ1n) is 9.36. The van der Waals surface area contributed by atoms with Crippen LogP contribution in [-0.2, 0) is 4.79 Å². The molecule has 0 radical (unpaired) electrons. The molecule has 0 bridgehead atoms. The van der Waals surface area contributed by atoms with Crippen molar-refractivity contribution < 1.29 is 4.79 Å². The number of allylic oxidation sites excluding steroid dienone is 1. The Morgan fingerprint density at radius 3 is 2.08 bits per heavy atom. The molecule has 2 heteroatoms. The minimum atomic E-state index is 0.110. The van der Waals surface area contributed by atoms with Crippen molar-refractivity contribution in [3.63, 3.8) is 0 Å². The lowest BCUT2D eigenvalue weighted by atomic mass is 10.1. The smallest absolute Gasteiger partial charge is 0.224 e. The number of rotatable bonds is 11. The van der Waals surface area contributed by atoms with Crippen molar-refractivity contribution >= 4 is 11.6 Å². The molecular weight excluding hydrogens is 306 g/mol. The quantitative estimate of drug-likeness (QED) is 0.364. The molecule has 0 atom stereocenters. The van der Waals surface area contributed by atoms with Crippen molar-refractivity contribution in [1.82, 2.24) is 0 Å². The number of carbonyl (C=O) groups is 1. The third-order valence-electron chi connectivity index (χ3n) is 4.34. The molecule has 2 nitrogen and oxygen atoms in total. The number of unbranched alkanes of at least 4 members (excludes halogenated alkanes) is 6. The second-order valence-corrected chi connectivity index (χ2v) is 6.44. The van der Waals surface area contributed by atoms with Gasteiger partial charge in [-0.2, -0.15) is 0 Å². The Morgan fingerprint density at radius 1 is 0.800 bits per heavy atom. The predicted octanol–water partition coefficient (Wildman–Crippen LogP) is 6.60. The highest BCUT2D eigenvalue weighted by Gasteiger charge is 2.03. The van der Waals surface area contributed by atoms with Gasteiger partial charge in [0, 0.05) is 12.1 Å². The number of amides is 1. The summed E-state index contributed by atoms with van der Waals surface area (Å²) in [5.74, 6) is 0.110. The number of benzene rings is 2. The third-order valence-corrected chi connectivity index (χ3v) is 4.34. The summed E-state index contributed by atoms with van der Waals surface area (Å²) in [6.07, 6.45) is 10.8. The van der Waals surface area contributed by atoms with Crippen LogP contribution in [0.25, 0.3) is 11.1 Å². The van der Waals surface area contributed by atoms with E-state index < -0.39 is 0 Å². The number of hydrogen-bond donors (Lipinski definition) is 1. The summed E-state index contributed by atoms with van der Waals surface area (Å²) in [7, 11) is 0. The van der Waals surface area contributed by atoms with E-state index in [1.165, 1.54) is 31.2 Å². The Morgan fingerprint density at radius 2 is 1.40 bits per heavy atom. The zero-order chi connectivity index (χ0) is 17.7. The minimum absolute atomic E-state index is 0.110. The van der Waals surface area contributed by atoms with Gasteiger partial charge in [0.25, 0.3) is 0 Å². The minimum Gasteiger partial charge on any atom is -0.326 e.